The molecule has 2 aliphatic carbocycles. The maximum Gasteiger partial charge on any atom is 0.00175 e. The molecule has 1 atom stereocenters. The Hall–Kier alpha value is -0.820. The highest BCUT2D eigenvalue weighted by molar-refractivity contribution is 5.48. The molecule has 86 valence electrons. The Labute approximate surface area is 98.3 Å². The second-order valence-corrected chi connectivity index (χ2v) is 5.63. The number of hydrogen-bond acceptors (Lipinski definition) is 1. The van der Waals surface area contributed by atoms with Crippen LogP contribution in [0.15, 0.2) is 18.2 Å². The van der Waals surface area contributed by atoms with Crippen LogP contribution in [0.5, 0.6) is 0 Å². The normalized spacial score (nSPS) is 25.5. The third kappa shape index (κ3) is 1.27. The molecule has 1 heteroatoms. The second kappa shape index (κ2) is 3.59. The molecular weight excluding hydrogens is 194 g/mol. The fourth-order valence-electron chi connectivity index (χ4n) is 3.92. The smallest absolute Gasteiger partial charge is 0.00175 e. The highest BCUT2D eigenvalue weighted by Crippen LogP contribution is 2.57. The van der Waals surface area contributed by atoms with E-state index in [1.165, 1.54) is 31.2 Å². The predicted octanol–water partition coefficient (Wildman–Crippen LogP) is 3.12. The van der Waals surface area contributed by atoms with Gasteiger partial charge in [-0.3, -0.25) is 0 Å². The van der Waals surface area contributed by atoms with E-state index >= 15 is 0 Å². The Morgan fingerprint density at radius 3 is 2.81 bits per heavy atom. The average Bonchev–Trinajstić information content (AvgIpc) is 2.55. The fourth-order valence-corrected chi connectivity index (χ4v) is 3.92. The summed E-state index contributed by atoms with van der Waals surface area (Å²) in [5.41, 5.74) is 5.44. The minimum atomic E-state index is 0.572. The van der Waals surface area contributed by atoms with Crippen molar-refractivity contribution in [3.8, 4) is 0 Å². The first-order chi connectivity index (χ1) is 7.77. The molecule has 1 aromatic carbocycles. The highest BCUT2D eigenvalue weighted by atomic mass is 14.8. The summed E-state index contributed by atoms with van der Waals surface area (Å²) >= 11 is 0. The van der Waals surface area contributed by atoms with Crippen molar-refractivity contribution in [3.05, 3.63) is 34.9 Å². The minimum Gasteiger partial charge on any atom is -0.319 e. The summed E-state index contributed by atoms with van der Waals surface area (Å²) in [4.78, 5) is 0. The van der Waals surface area contributed by atoms with E-state index in [0.717, 1.165) is 12.5 Å². The zero-order valence-electron chi connectivity index (χ0n) is 10.3. The summed E-state index contributed by atoms with van der Waals surface area (Å²) in [6.45, 7) is 3.43. The third-order valence-electron chi connectivity index (χ3n) is 4.67. The highest BCUT2D eigenvalue weighted by Gasteiger charge is 2.47. The van der Waals surface area contributed by atoms with Crippen LogP contribution in [-0.4, -0.2) is 13.6 Å². The van der Waals surface area contributed by atoms with Crippen LogP contribution < -0.4 is 5.32 Å². The van der Waals surface area contributed by atoms with Gasteiger partial charge in [0.25, 0.3) is 0 Å². The standard InChI is InChI=1S/C15H21N/c1-11-5-3-6-13-12(10-16-2)9-15(14(11)13)7-4-8-15/h3,5-6,12,16H,4,7-10H2,1-2H3. The lowest BCUT2D eigenvalue weighted by molar-refractivity contribution is 0.231. The summed E-state index contributed by atoms with van der Waals surface area (Å²) < 4.78 is 0. The average molecular weight is 215 g/mol. The van der Waals surface area contributed by atoms with Gasteiger partial charge < -0.3 is 5.32 Å². The Morgan fingerprint density at radius 2 is 2.19 bits per heavy atom. The number of rotatable bonds is 2. The molecule has 0 aromatic heterocycles. The fraction of sp³-hybridized carbons (Fsp3) is 0.600. The molecule has 2 aliphatic rings. The maximum atomic E-state index is 3.36. The Balaban J connectivity index is 2.07. The van der Waals surface area contributed by atoms with Crippen LogP contribution in [-0.2, 0) is 5.41 Å². The van der Waals surface area contributed by atoms with Gasteiger partial charge in [-0.2, -0.15) is 0 Å². The molecule has 16 heavy (non-hydrogen) atoms. The van der Waals surface area contributed by atoms with E-state index in [2.05, 4.69) is 37.5 Å². The summed E-state index contributed by atoms with van der Waals surface area (Å²) in [6, 6.07) is 6.88. The number of likely N-dealkylation sites (N-methyl/N-ethyl adjacent to an activating group) is 1. The van der Waals surface area contributed by atoms with Crippen LogP contribution in [0.25, 0.3) is 0 Å². The van der Waals surface area contributed by atoms with E-state index in [1.54, 1.807) is 11.1 Å². The van der Waals surface area contributed by atoms with Gasteiger partial charge in [0.2, 0.25) is 0 Å². The molecule has 0 aliphatic heterocycles. The number of benzene rings is 1. The summed E-state index contributed by atoms with van der Waals surface area (Å²) in [7, 11) is 2.07. The first kappa shape index (κ1) is 10.3. The predicted molar refractivity (Wildman–Crippen MR) is 68.0 cm³/mol. The molecule has 1 N–H and O–H groups in total. The quantitative estimate of drug-likeness (QED) is 0.799. The van der Waals surface area contributed by atoms with Crippen LogP contribution in [0, 0.1) is 6.92 Å². The minimum absolute atomic E-state index is 0.572. The largest absolute Gasteiger partial charge is 0.319 e. The van der Waals surface area contributed by atoms with Crippen molar-refractivity contribution >= 4 is 0 Å². The molecular formula is C15H21N. The van der Waals surface area contributed by atoms with Gasteiger partial charge in [0.15, 0.2) is 0 Å². The van der Waals surface area contributed by atoms with E-state index in [-0.39, 0.29) is 0 Å². The Kier molecular flexibility index (Phi) is 2.32. The van der Waals surface area contributed by atoms with E-state index in [1.807, 2.05) is 0 Å². The molecule has 0 saturated heterocycles. The second-order valence-electron chi connectivity index (χ2n) is 5.63. The molecule has 0 heterocycles. The van der Waals surface area contributed by atoms with E-state index in [4.69, 9.17) is 0 Å². The molecule has 0 radical (unpaired) electrons. The first-order valence-corrected chi connectivity index (χ1v) is 6.51. The number of nitrogens with one attached hydrogen (secondary N) is 1. The molecule has 1 unspecified atom stereocenters. The van der Waals surface area contributed by atoms with E-state index < -0.39 is 0 Å². The van der Waals surface area contributed by atoms with Crippen molar-refractivity contribution in [1.29, 1.82) is 0 Å². The van der Waals surface area contributed by atoms with E-state index in [9.17, 15) is 0 Å². The lowest BCUT2D eigenvalue weighted by Gasteiger charge is -2.40. The zero-order chi connectivity index (χ0) is 11.2. The molecule has 0 bridgehead atoms. The molecule has 1 fully saturated rings. The van der Waals surface area contributed by atoms with Gasteiger partial charge in [-0.15, -0.1) is 0 Å². The van der Waals surface area contributed by atoms with Crippen molar-refractivity contribution in [2.24, 2.45) is 0 Å². The SMILES string of the molecule is CNCC1CC2(CCC2)c2c(C)cccc21. The Bertz CT molecular complexity index is 404. The summed E-state index contributed by atoms with van der Waals surface area (Å²) in [5.74, 6) is 0.750. The van der Waals surface area contributed by atoms with Gasteiger partial charge in [-0.25, -0.2) is 0 Å². The van der Waals surface area contributed by atoms with Gasteiger partial charge >= 0.3 is 0 Å². The number of hydrogen-bond donors (Lipinski definition) is 1. The van der Waals surface area contributed by atoms with Gasteiger partial charge in [0.05, 0.1) is 0 Å². The van der Waals surface area contributed by atoms with Crippen LogP contribution in [0.4, 0.5) is 0 Å². The van der Waals surface area contributed by atoms with E-state index in [0.29, 0.717) is 5.41 Å². The van der Waals surface area contributed by atoms with Crippen molar-refractivity contribution < 1.29 is 0 Å². The number of aryl methyl sites for hydroxylation is 1. The van der Waals surface area contributed by atoms with Crippen LogP contribution in [0.1, 0.15) is 48.3 Å². The van der Waals surface area contributed by atoms with Crippen LogP contribution >= 0.6 is 0 Å². The van der Waals surface area contributed by atoms with Gasteiger partial charge in [0, 0.05) is 6.54 Å². The maximum absolute atomic E-state index is 3.36. The number of fused-ring (bicyclic) bond motifs is 2. The van der Waals surface area contributed by atoms with Crippen molar-refractivity contribution in [2.45, 2.75) is 43.9 Å². The van der Waals surface area contributed by atoms with Gasteiger partial charge in [-0.05, 0) is 61.3 Å². The van der Waals surface area contributed by atoms with Crippen molar-refractivity contribution in [1.82, 2.24) is 5.32 Å². The zero-order valence-corrected chi connectivity index (χ0v) is 10.3. The Morgan fingerprint density at radius 1 is 1.38 bits per heavy atom. The summed E-state index contributed by atoms with van der Waals surface area (Å²) in [6.07, 6.45) is 5.66. The van der Waals surface area contributed by atoms with Crippen molar-refractivity contribution in [2.75, 3.05) is 13.6 Å². The third-order valence-corrected chi connectivity index (χ3v) is 4.67. The lowest BCUT2D eigenvalue weighted by atomic mass is 9.64. The molecule has 1 nitrogen and oxygen atoms in total. The van der Waals surface area contributed by atoms with Gasteiger partial charge in [-0.1, -0.05) is 24.6 Å². The lowest BCUT2D eigenvalue weighted by Crippen LogP contribution is -2.32. The van der Waals surface area contributed by atoms with Crippen molar-refractivity contribution in [3.63, 3.8) is 0 Å². The molecule has 1 saturated carbocycles. The van der Waals surface area contributed by atoms with Gasteiger partial charge in [0.1, 0.15) is 0 Å². The molecule has 1 spiro atoms. The monoisotopic (exact) mass is 215 g/mol. The molecule has 3 rings (SSSR count). The molecule has 1 aromatic rings. The topological polar surface area (TPSA) is 12.0 Å². The summed E-state index contributed by atoms with van der Waals surface area (Å²) in [5, 5.41) is 3.36. The first-order valence-electron chi connectivity index (χ1n) is 6.51. The van der Waals surface area contributed by atoms with Crippen LogP contribution in [0.2, 0.25) is 0 Å². The molecule has 0 amide bonds. The van der Waals surface area contributed by atoms with Crippen LogP contribution in [0.3, 0.4) is 0 Å².